The molecule has 0 aliphatic heterocycles. The third kappa shape index (κ3) is 3.41. The molecule has 0 radical (unpaired) electrons. The van der Waals surface area contributed by atoms with Gasteiger partial charge in [-0.15, -0.1) is 5.10 Å². The van der Waals surface area contributed by atoms with Crippen molar-refractivity contribution < 1.29 is 0 Å². The van der Waals surface area contributed by atoms with E-state index in [9.17, 15) is 4.79 Å². The van der Waals surface area contributed by atoms with Crippen LogP contribution >= 0.6 is 0 Å². The number of hydrogen-bond donors (Lipinski definition) is 1. The van der Waals surface area contributed by atoms with Crippen molar-refractivity contribution in [2.75, 3.05) is 13.1 Å². The smallest absolute Gasteiger partial charge is 0.280 e. The van der Waals surface area contributed by atoms with Gasteiger partial charge >= 0.3 is 0 Å². The molecule has 0 spiro atoms. The number of rotatable bonds is 7. The van der Waals surface area contributed by atoms with Crippen molar-refractivity contribution in [2.45, 2.75) is 33.2 Å². The van der Waals surface area contributed by atoms with Gasteiger partial charge in [0.25, 0.3) is 5.56 Å². The molecular formula is C13H22N6O. The largest absolute Gasteiger partial charge is 0.315 e. The number of fused-ring (bicyclic) bond motifs is 1. The lowest BCUT2D eigenvalue weighted by Gasteiger charge is -2.07. The number of nitrogens with one attached hydrogen (secondary N) is 1. The van der Waals surface area contributed by atoms with Crippen molar-refractivity contribution in [2.24, 2.45) is 13.0 Å². The molecule has 0 aliphatic rings. The SMILES string of the molecule is CC(C)CCCNCCn1nnc2c(cnn2C)c1=O. The van der Waals surface area contributed by atoms with E-state index in [1.54, 1.807) is 17.9 Å². The summed E-state index contributed by atoms with van der Waals surface area (Å²) < 4.78 is 2.94. The Balaban J connectivity index is 1.87. The first-order valence-corrected chi connectivity index (χ1v) is 7.06. The summed E-state index contributed by atoms with van der Waals surface area (Å²) in [7, 11) is 1.75. The van der Waals surface area contributed by atoms with Gasteiger partial charge in [0, 0.05) is 13.6 Å². The molecule has 0 fully saturated rings. The quantitative estimate of drug-likeness (QED) is 0.748. The fourth-order valence-electron chi connectivity index (χ4n) is 2.07. The second-order valence-corrected chi connectivity index (χ2v) is 5.41. The first-order chi connectivity index (χ1) is 9.59. The van der Waals surface area contributed by atoms with Crippen LogP contribution < -0.4 is 10.9 Å². The summed E-state index contributed by atoms with van der Waals surface area (Å²) in [5.74, 6) is 0.735. The molecule has 110 valence electrons. The molecule has 1 N–H and O–H groups in total. The predicted octanol–water partition coefficient (Wildman–Crippen LogP) is 0.551. The van der Waals surface area contributed by atoms with Crippen molar-refractivity contribution in [3.05, 3.63) is 16.6 Å². The standard InChI is InChI=1S/C13H22N6O/c1-10(2)5-4-6-14-7-8-19-13(20)11-9-15-18(3)12(11)16-17-19/h9-10,14H,4-8H2,1-3H3. The molecule has 7 heteroatoms. The van der Waals surface area contributed by atoms with Crippen LogP contribution in [0, 0.1) is 5.92 Å². The normalized spacial score (nSPS) is 11.6. The van der Waals surface area contributed by atoms with Crippen LogP contribution in [0.1, 0.15) is 26.7 Å². The van der Waals surface area contributed by atoms with E-state index in [0.717, 1.165) is 25.4 Å². The van der Waals surface area contributed by atoms with E-state index >= 15 is 0 Å². The minimum Gasteiger partial charge on any atom is -0.315 e. The summed E-state index contributed by atoms with van der Waals surface area (Å²) in [5, 5.41) is 15.8. The number of aromatic nitrogens is 5. The molecule has 2 aromatic rings. The highest BCUT2D eigenvalue weighted by Gasteiger charge is 2.08. The van der Waals surface area contributed by atoms with Gasteiger partial charge in [0.05, 0.1) is 12.7 Å². The maximum Gasteiger partial charge on any atom is 0.280 e. The van der Waals surface area contributed by atoms with Crippen LogP contribution in [0.15, 0.2) is 11.0 Å². The monoisotopic (exact) mass is 278 g/mol. The van der Waals surface area contributed by atoms with E-state index in [0.29, 0.717) is 17.6 Å². The van der Waals surface area contributed by atoms with Crippen LogP contribution in [0.2, 0.25) is 0 Å². The molecule has 2 aromatic heterocycles. The van der Waals surface area contributed by atoms with Crippen LogP contribution in [0.3, 0.4) is 0 Å². The van der Waals surface area contributed by atoms with Crippen LogP contribution in [0.25, 0.3) is 11.0 Å². The zero-order valence-electron chi connectivity index (χ0n) is 12.3. The fourth-order valence-corrected chi connectivity index (χ4v) is 2.07. The topological polar surface area (TPSA) is 77.6 Å². The van der Waals surface area contributed by atoms with E-state index in [2.05, 4.69) is 34.6 Å². The van der Waals surface area contributed by atoms with Gasteiger partial charge in [0.2, 0.25) is 0 Å². The Morgan fingerprint density at radius 2 is 2.15 bits per heavy atom. The maximum atomic E-state index is 12.1. The number of hydrogen-bond acceptors (Lipinski definition) is 5. The molecule has 0 saturated heterocycles. The van der Waals surface area contributed by atoms with Crippen LogP contribution in [-0.2, 0) is 13.6 Å². The lowest BCUT2D eigenvalue weighted by atomic mass is 10.1. The molecule has 2 rings (SSSR count). The molecule has 7 nitrogen and oxygen atoms in total. The van der Waals surface area contributed by atoms with Crippen molar-refractivity contribution in [1.29, 1.82) is 0 Å². The molecule has 0 bridgehead atoms. The molecule has 20 heavy (non-hydrogen) atoms. The molecule has 0 unspecified atom stereocenters. The first kappa shape index (κ1) is 14.6. The molecule has 0 aromatic carbocycles. The summed E-state index contributed by atoms with van der Waals surface area (Å²) in [6, 6.07) is 0. The highest BCUT2D eigenvalue weighted by Crippen LogP contribution is 2.02. The number of aryl methyl sites for hydroxylation is 1. The van der Waals surface area contributed by atoms with Gasteiger partial charge in [-0.3, -0.25) is 4.79 Å². The van der Waals surface area contributed by atoms with Gasteiger partial charge < -0.3 is 5.32 Å². The van der Waals surface area contributed by atoms with Gasteiger partial charge in [-0.1, -0.05) is 19.1 Å². The summed E-state index contributed by atoms with van der Waals surface area (Å²) in [4.78, 5) is 12.1. The minimum absolute atomic E-state index is 0.132. The maximum absolute atomic E-state index is 12.1. The Morgan fingerprint density at radius 3 is 2.90 bits per heavy atom. The number of nitrogens with zero attached hydrogens (tertiary/aromatic N) is 5. The second kappa shape index (κ2) is 6.60. The minimum atomic E-state index is -0.132. The van der Waals surface area contributed by atoms with E-state index in [4.69, 9.17) is 0 Å². The van der Waals surface area contributed by atoms with Crippen LogP contribution in [-0.4, -0.2) is 37.9 Å². The molecule has 0 saturated carbocycles. The van der Waals surface area contributed by atoms with E-state index in [1.807, 2.05) is 0 Å². The summed E-state index contributed by atoms with van der Waals surface area (Å²) >= 11 is 0. The zero-order valence-corrected chi connectivity index (χ0v) is 12.3. The Hall–Kier alpha value is -1.76. The molecule has 0 amide bonds. The van der Waals surface area contributed by atoms with Crippen LogP contribution in [0.4, 0.5) is 0 Å². The third-order valence-electron chi connectivity index (χ3n) is 3.26. The van der Waals surface area contributed by atoms with Crippen molar-refractivity contribution in [1.82, 2.24) is 30.1 Å². The fraction of sp³-hybridized carbons (Fsp3) is 0.692. The van der Waals surface area contributed by atoms with Gasteiger partial charge in [-0.05, 0) is 25.3 Å². The van der Waals surface area contributed by atoms with Gasteiger partial charge in [-0.25, -0.2) is 9.36 Å². The van der Waals surface area contributed by atoms with Crippen molar-refractivity contribution >= 4 is 11.0 Å². The average molecular weight is 278 g/mol. The highest BCUT2D eigenvalue weighted by molar-refractivity contribution is 5.72. The van der Waals surface area contributed by atoms with Crippen LogP contribution in [0.5, 0.6) is 0 Å². The van der Waals surface area contributed by atoms with Gasteiger partial charge in [-0.2, -0.15) is 5.10 Å². The second-order valence-electron chi connectivity index (χ2n) is 5.41. The van der Waals surface area contributed by atoms with E-state index in [1.165, 1.54) is 11.1 Å². The van der Waals surface area contributed by atoms with Crippen molar-refractivity contribution in [3.63, 3.8) is 0 Å². The molecule has 2 heterocycles. The van der Waals surface area contributed by atoms with Crippen molar-refractivity contribution in [3.8, 4) is 0 Å². The predicted molar refractivity (Wildman–Crippen MR) is 77.5 cm³/mol. The van der Waals surface area contributed by atoms with Gasteiger partial charge in [0.1, 0.15) is 5.39 Å². The lowest BCUT2D eigenvalue weighted by molar-refractivity contribution is 0.486. The Labute approximate surface area is 118 Å². The summed E-state index contributed by atoms with van der Waals surface area (Å²) in [5.41, 5.74) is 0.392. The molecule has 0 aliphatic carbocycles. The van der Waals surface area contributed by atoms with Gasteiger partial charge in [0.15, 0.2) is 5.65 Å². The average Bonchev–Trinajstić information content (AvgIpc) is 2.78. The Kier molecular flexibility index (Phi) is 4.84. The Bertz CT molecular complexity index is 615. The lowest BCUT2D eigenvalue weighted by Crippen LogP contribution is -2.30. The Morgan fingerprint density at radius 1 is 1.35 bits per heavy atom. The van der Waals surface area contributed by atoms with E-state index < -0.39 is 0 Å². The highest BCUT2D eigenvalue weighted by atomic mass is 16.1. The first-order valence-electron chi connectivity index (χ1n) is 7.06. The summed E-state index contributed by atoms with van der Waals surface area (Å²) in [6.07, 6.45) is 3.91. The molecule has 0 atom stereocenters. The zero-order chi connectivity index (χ0) is 14.5. The summed E-state index contributed by atoms with van der Waals surface area (Å²) in [6.45, 7) is 6.66. The van der Waals surface area contributed by atoms with E-state index in [-0.39, 0.29) is 5.56 Å². The third-order valence-corrected chi connectivity index (χ3v) is 3.26. The molecular weight excluding hydrogens is 256 g/mol.